The summed E-state index contributed by atoms with van der Waals surface area (Å²) in [5, 5.41) is 3.42. The fraction of sp³-hybridized carbons (Fsp3) is 0.286. The predicted octanol–water partition coefficient (Wildman–Crippen LogP) is 3.73. The number of aryl methyl sites for hydroxylation is 1. The third-order valence-electron chi connectivity index (χ3n) is 3.29. The van der Waals surface area contributed by atoms with Crippen LogP contribution in [-0.2, 0) is 6.42 Å². The van der Waals surface area contributed by atoms with Gasteiger partial charge < -0.3 is 5.32 Å². The molecule has 92 valence electrons. The van der Waals surface area contributed by atoms with Crippen LogP contribution in [0.15, 0.2) is 41.1 Å². The minimum absolute atomic E-state index is 0.330. The monoisotopic (exact) mass is 303 g/mol. The summed E-state index contributed by atoms with van der Waals surface area (Å²) in [4.78, 5) is 8.55. The van der Waals surface area contributed by atoms with E-state index in [1.54, 1.807) is 12.4 Å². The number of rotatable bonds is 2. The van der Waals surface area contributed by atoms with Crippen molar-refractivity contribution in [1.82, 2.24) is 9.97 Å². The molecule has 1 aliphatic carbocycles. The predicted molar refractivity (Wildman–Crippen MR) is 75.5 cm³/mol. The second-order valence-corrected chi connectivity index (χ2v) is 5.43. The SMILES string of the molecule is Brc1cnc(NC2CCCc3ccccc32)nc1. The van der Waals surface area contributed by atoms with E-state index in [9.17, 15) is 0 Å². The van der Waals surface area contributed by atoms with Crippen LogP contribution < -0.4 is 5.32 Å². The average Bonchev–Trinajstić information content (AvgIpc) is 2.42. The number of aromatic nitrogens is 2. The average molecular weight is 304 g/mol. The maximum absolute atomic E-state index is 4.28. The fourth-order valence-electron chi connectivity index (χ4n) is 2.45. The second kappa shape index (κ2) is 5.06. The van der Waals surface area contributed by atoms with E-state index in [4.69, 9.17) is 0 Å². The van der Waals surface area contributed by atoms with Crippen molar-refractivity contribution in [3.8, 4) is 0 Å². The van der Waals surface area contributed by atoms with Crippen molar-refractivity contribution in [1.29, 1.82) is 0 Å². The third-order valence-corrected chi connectivity index (χ3v) is 3.70. The van der Waals surface area contributed by atoms with E-state index in [1.807, 2.05) is 0 Å². The van der Waals surface area contributed by atoms with E-state index in [-0.39, 0.29) is 0 Å². The van der Waals surface area contributed by atoms with Crippen molar-refractivity contribution in [2.24, 2.45) is 0 Å². The Hall–Kier alpha value is -1.42. The van der Waals surface area contributed by atoms with Gasteiger partial charge in [-0.1, -0.05) is 24.3 Å². The lowest BCUT2D eigenvalue weighted by Gasteiger charge is -2.26. The first kappa shape index (κ1) is 11.7. The van der Waals surface area contributed by atoms with Gasteiger partial charge >= 0.3 is 0 Å². The summed E-state index contributed by atoms with van der Waals surface area (Å²) in [5.74, 6) is 0.694. The van der Waals surface area contributed by atoms with Gasteiger partial charge in [0.25, 0.3) is 0 Å². The van der Waals surface area contributed by atoms with Gasteiger partial charge in [0.15, 0.2) is 0 Å². The summed E-state index contributed by atoms with van der Waals surface area (Å²) < 4.78 is 0.900. The Morgan fingerprint density at radius 1 is 1.17 bits per heavy atom. The van der Waals surface area contributed by atoms with Crippen molar-refractivity contribution in [2.75, 3.05) is 5.32 Å². The Bertz CT molecular complexity index is 539. The zero-order chi connectivity index (χ0) is 12.4. The van der Waals surface area contributed by atoms with Crippen molar-refractivity contribution in [2.45, 2.75) is 25.3 Å². The number of nitrogens with one attached hydrogen (secondary N) is 1. The quantitative estimate of drug-likeness (QED) is 0.918. The van der Waals surface area contributed by atoms with Crippen LogP contribution in [0.5, 0.6) is 0 Å². The second-order valence-electron chi connectivity index (χ2n) is 4.51. The molecule has 1 aliphatic rings. The molecule has 3 nitrogen and oxygen atoms in total. The van der Waals surface area contributed by atoms with E-state index in [1.165, 1.54) is 24.0 Å². The summed E-state index contributed by atoms with van der Waals surface area (Å²) in [6.45, 7) is 0. The lowest BCUT2D eigenvalue weighted by Crippen LogP contribution is -2.18. The zero-order valence-corrected chi connectivity index (χ0v) is 11.5. The highest BCUT2D eigenvalue weighted by atomic mass is 79.9. The number of hydrogen-bond acceptors (Lipinski definition) is 3. The Kier molecular flexibility index (Phi) is 3.28. The molecule has 1 unspecified atom stereocenters. The van der Waals surface area contributed by atoms with Gasteiger partial charge in [0.05, 0.1) is 10.5 Å². The van der Waals surface area contributed by atoms with E-state index in [0.29, 0.717) is 12.0 Å². The molecule has 0 aliphatic heterocycles. The van der Waals surface area contributed by atoms with Crippen molar-refractivity contribution >= 4 is 21.9 Å². The van der Waals surface area contributed by atoms with Gasteiger partial charge in [0.1, 0.15) is 0 Å². The lowest BCUT2D eigenvalue weighted by atomic mass is 9.88. The fourth-order valence-corrected chi connectivity index (χ4v) is 2.65. The van der Waals surface area contributed by atoms with Gasteiger partial charge in [-0.3, -0.25) is 0 Å². The maximum atomic E-state index is 4.28. The molecule has 0 amide bonds. The smallest absolute Gasteiger partial charge is 0.223 e. The summed E-state index contributed by atoms with van der Waals surface area (Å²) in [7, 11) is 0. The topological polar surface area (TPSA) is 37.8 Å². The van der Waals surface area contributed by atoms with Gasteiger partial charge in [0, 0.05) is 12.4 Å². The number of fused-ring (bicyclic) bond motifs is 1. The minimum atomic E-state index is 0.330. The zero-order valence-electron chi connectivity index (χ0n) is 9.94. The van der Waals surface area contributed by atoms with Crippen LogP contribution in [0, 0.1) is 0 Å². The molecule has 1 heterocycles. The summed E-state index contributed by atoms with van der Waals surface area (Å²) in [6.07, 6.45) is 7.06. The van der Waals surface area contributed by atoms with Crippen LogP contribution in [0.2, 0.25) is 0 Å². The molecule has 1 N–H and O–H groups in total. The molecule has 0 saturated carbocycles. The number of hydrogen-bond donors (Lipinski definition) is 1. The van der Waals surface area contributed by atoms with Crippen LogP contribution in [0.25, 0.3) is 0 Å². The highest BCUT2D eigenvalue weighted by Crippen LogP contribution is 2.31. The molecule has 0 radical (unpaired) electrons. The van der Waals surface area contributed by atoms with Gasteiger partial charge in [-0.2, -0.15) is 0 Å². The van der Waals surface area contributed by atoms with E-state index in [0.717, 1.165) is 10.9 Å². The molecular formula is C14H14BrN3. The largest absolute Gasteiger partial charge is 0.347 e. The number of anilines is 1. The van der Waals surface area contributed by atoms with Gasteiger partial charge in [0.2, 0.25) is 5.95 Å². The Morgan fingerprint density at radius 2 is 1.94 bits per heavy atom. The van der Waals surface area contributed by atoms with Gasteiger partial charge in [-0.25, -0.2) is 9.97 Å². The van der Waals surface area contributed by atoms with Crippen LogP contribution in [0.3, 0.4) is 0 Å². The van der Waals surface area contributed by atoms with Crippen LogP contribution >= 0.6 is 15.9 Å². The van der Waals surface area contributed by atoms with Crippen molar-refractivity contribution < 1.29 is 0 Å². The molecule has 0 bridgehead atoms. The summed E-state index contributed by atoms with van der Waals surface area (Å²) >= 11 is 3.34. The van der Waals surface area contributed by atoms with Gasteiger partial charge in [-0.05, 0) is 46.3 Å². The van der Waals surface area contributed by atoms with E-state index < -0.39 is 0 Å². The van der Waals surface area contributed by atoms with E-state index in [2.05, 4.69) is 55.5 Å². The highest BCUT2D eigenvalue weighted by molar-refractivity contribution is 9.10. The molecule has 1 aromatic carbocycles. The molecule has 0 spiro atoms. The molecule has 3 rings (SSSR count). The molecule has 1 atom stereocenters. The van der Waals surface area contributed by atoms with E-state index >= 15 is 0 Å². The van der Waals surface area contributed by atoms with Crippen molar-refractivity contribution in [3.05, 3.63) is 52.3 Å². The molecule has 1 aromatic heterocycles. The third kappa shape index (κ3) is 2.38. The lowest BCUT2D eigenvalue weighted by molar-refractivity contribution is 0.596. The maximum Gasteiger partial charge on any atom is 0.223 e. The number of halogens is 1. The Balaban J connectivity index is 1.84. The molecule has 4 heteroatoms. The van der Waals surface area contributed by atoms with Gasteiger partial charge in [-0.15, -0.1) is 0 Å². The Morgan fingerprint density at radius 3 is 2.78 bits per heavy atom. The summed E-state index contributed by atoms with van der Waals surface area (Å²) in [6, 6.07) is 8.95. The number of benzene rings is 1. The number of nitrogens with zero attached hydrogens (tertiary/aromatic N) is 2. The Labute approximate surface area is 115 Å². The highest BCUT2D eigenvalue weighted by Gasteiger charge is 2.19. The normalized spacial score (nSPS) is 18.2. The van der Waals surface area contributed by atoms with Crippen molar-refractivity contribution in [3.63, 3.8) is 0 Å². The van der Waals surface area contributed by atoms with Crippen LogP contribution in [0.1, 0.15) is 30.0 Å². The first-order valence-corrected chi connectivity index (χ1v) is 6.94. The molecule has 0 fully saturated rings. The summed E-state index contributed by atoms with van der Waals surface area (Å²) in [5.41, 5.74) is 2.83. The standard InChI is InChI=1S/C14H14BrN3/c15-11-8-16-14(17-9-11)18-13-7-3-5-10-4-1-2-6-12(10)13/h1-2,4,6,8-9,13H,3,5,7H2,(H,16,17,18). The molecular weight excluding hydrogens is 290 g/mol. The van der Waals surface area contributed by atoms with Crippen LogP contribution in [-0.4, -0.2) is 9.97 Å². The van der Waals surface area contributed by atoms with Crippen LogP contribution in [0.4, 0.5) is 5.95 Å². The first-order chi connectivity index (χ1) is 8.83. The molecule has 18 heavy (non-hydrogen) atoms. The molecule has 2 aromatic rings. The minimum Gasteiger partial charge on any atom is -0.347 e. The first-order valence-electron chi connectivity index (χ1n) is 6.15. The molecule has 0 saturated heterocycles.